The molecule has 3 aromatic carbocycles. The van der Waals surface area contributed by atoms with Crippen molar-refractivity contribution in [2.24, 2.45) is 0 Å². The number of hydrogen-bond donors (Lipinski definition) is 0. The van der Waals surface area contributed by atoms with Gasteiger partial charge in [0.25, 0.3) is 0 Å². The van der Waals surface area contributed by atoms with Crippen molar-refractivity contribution in [3.05, 3.63) is 82.9 Å². The molecule has 0 nitrogen and oxygen atoms in total. The van der Waals surface area contributed by atoms with Crippen LogP contribution in [0.2, 0.25) is 0 Å². The summed E-state index contributed by atoms with van der Waals surface area (Å²) in [5.74, 6) is 0.439. The van der Waals surface area contributed by atoms with Gasteiger partial charge in [0.1, 0.15) is 0 Å². The first-order valence-corrected chi connectivity index (χ1v) is 7.89. The molecule has 0 amide bonds. The van der Waals surface area contributed by atoms with Gasteiger partial charge in [0, 0.05) is 5.92 Å². The number of aryl methyl sites for hydroxylation is 1. The maximum Gasteiger partial charge on any atom is 0.0663 e. The Hall–Kier alpha value is -1.79. The predicted molar refractivity (Wildman–Crippen MR) is 90.2 cm³/mol. The number of benzene rings is 3. The van der Waals surface area contributed by atoms with Crippen LogP contribution >= 0.6 is 11.6 Å². The lowest BCUT2D eigenvalue weighted by Crippen LogP contribution is -2.21. The van der Waals surface area contributed by atoms with Crippen molar-refractivity contribution in [2.75, 3.05) is 0 Å². The minimum atomic E-state index is 0.0467. The molecular formula is C20H17Cl. The Morgan fingerprint density at radius 1 is 0.905 bits per heavy atom. The van der Waals surface area contributed by atoms with Crippen LogP contribution in [0.25, 0.3) is 10.8 Å². The number of alkyl halides is 1. The third kappa shape index (κ3) is 1.98. The molecule has 0 radical (unpaired) electrons. The van der Waals surface area contributed by atoms with Crippen LogP contribution in [0.4, 0.5) is 0 Å². The zero-order chi connectivity index (χ0) is 14.4. The summed E-state index contributed by atoms with van der Waals surface area (Å²) in [6, 6.07) is 21.6. The Balaban J connectivity index is 1.80. The molecule has 2 atom stereocenters. The smallest absolute Gasteiger partial charge is 0.0663 e. The van der Waals surface area contributed by atoms with Gasteiger partial charge in [-0.15, -0.1) is 11.6 Å². The summed E-state index contributed by atoms with van der Waals surface area (Å²) in [6.07, 6.45) is 1.09. The molecule has 0 saturated heterocycles. The van der Waals surface area contributed by atoms with E-state index in [1.807, 2.05) is 0 Å². The third-order valence-electron chi connectivity index (χ3n) is 4.72. The van der Waals surface area contributed by atoms with Crippen molar-refractivity contribution in [1.82, 2.24) is 0 Å². The first-order chi connectivity index (χ1) is 10.3. The van der Waals surface area contributed by atoms with Gasteiger partial charge in [-0.05, 0) is 46.4 Å². The zero-order valence-electron chi connectivity index (χ0n) is 12.0. The highest BCUT2D eigenvalue weighted by molar-refractivity contribution is 6.22. The molecule has 0 fully saturated rings. The monoisotopic (exact) mass is 292 g/mol. The zero-order valence-corrected chi connectivity index (χ0v) is 12.8. The molecule has 1 heteroatoms. The lowest BCUT2D eigenvalue weighted by atomic mass is 9.73. The van der Waals surface area contributed by atoms with Crippen molar-refractivity contribution < 1.29 is 0 Å². The fourth-order valence-corrected chi connectivity index (χ4v) is 3.90. The highest BCUT2D eigenvalue weighted by Crippen LogP contribution is 2.48. The summed E-state index contributed by atoms with van der Waals surface area (Å²) < 4.78 is 0. The molecule has 0 heterocycles. The van der Waals surface area contributed by atoms with E-state index in [9.17, 15) is 0 Å². The van der Waals surface area contributed by atoms with Gasteiger partial charge in [-0.25, -0.2) is 0 Å². The highest BCUT2D eigenvalue weighted by Gasteiger charge is 2.33. The summed E-state index contributed by atoms with van der Waals surface area (Å²) in [6.45, 7) is 2.16. The van der Waals surface area contributed by atoms with Crippen LogP contribution in [0, 0.1) is 6.92 Å². The standard InChI is InChI=1S/C20H17Cl/c1-13-10-11-18(17-9-5-4-7-15(13)17)20(21)19-12-14-6-2-3-8-16(14)19/h2-11,19-20H,12H2,1H3. The van der Waals surface area contributed by atoms with Gasteiger partial charge in [0.05, 0.1) is 5.38 Å². The molecule has 104 valence electrons. The molecule has 0 bridgehead atoms. The molecule has 1 aliphatic carbocycles. The first kappa shape index (κ1) is 12.9. The predicted octanol–water partition coefficient (Wildman–Crippen LogP) is 5.77. The van der Waals surface area contributed by atoms with E-state index in [-0.39, 0.29) is 5.38 Å². The molecule has 3 aromatic rings. The molecule has 4 rings (SSSR count). The van der Waals surface area contributed by atoms with Gasteiger partial charge in [-0.3, -0.25) is 0 Å². The van der Waals surface area contributed by atoms with Crippen molar-refractivity contribution in [3.8, 4) is 0 Å². The summed E-state index contributed by atoms with van der Waals surface area (Å²) in [4.78, 5) is 0. The largest absolute Gasteiger partial charge is 0.117 e. The van der Waals surface area contributed by atoms with E-state index in [4.69, 9.17) is 11.6 Å². The SMILES string of the molecule is Cc1ccc(C(Cl)C2Cc3ccccc32)c2ccccc12. The van der Waals surface area contributed by atoms with Gasteiger partial charge >= 0.3 is 0 Å². The van der Waals surface area contributed by atoms with E-state index in [0.29, 0.717) is 5.92 Å². The quantitative estimate of drug-likeness (QED) is 0.526. The van der Waals surface area contributed by atoms with E-state index in [1.165, 1.54) is 33.0 Å². The van der Waals surface area contributed by atoms with Gasteiger partial charge in [0.2, 0.25) is 0 Å². The Kier molecular flexibility index (Phi) is 3.01. The van der Waals surface area contributed by atoms with Crippen molar-refractivity contribution in [3.63, 3.8) is 0 Å². The van der Waals surface area contributed by atoms with Crippen LogP contribution in [0.15, 0.2) is 60.7 Å². The van der Waals surface area contributed by atoms with Crippen LogP contribution in [0.3, 0.4) is 0 Å². The number of hydrogen-bond acceptors (Lipinski definition) is 0. The fourth-order valence-electron chi connectivity index (χ4n) is 3.49. The highest BCUT2D eigenvalue weighted by atomic mass is 35.5. The van der Waals surface area contributed by atoms with E-state index in [2.05, 4.69) is 67.6 Å². The van der Waals surface area contributed by atoms with E-state index < -0.39 is 0 Å². The minimum absolute atomic E-state index is 0.0467. The fraction of sp³-hybridized carbons (Fsp3) is 0.200. The van der Waals surface area contributed by atoms with Gasteiger partial charge < -0.3 is 0 Å². The Morgan fingerprint density at radius 2 is 1.62 bits per heavy atom. The van der Waals surface area contributed by atoms with Crippen LogP contribution in [-0.4, -0.2) is 0 Å². The van der Waals surface area contributed by atoms with E-state index in [1.54, 1.807) is 0 Å². The van der Waals surface area contributed by atoms with Gasteiger partial charge in [-0.1, -0.05) is 60.7 Å². The molecule has 1 aliphatic rings. The van der Waals surface area contributed by atoms with Gasteiger partial charge in [0.15, 0.2) is 0 Å². The van der Waals surface area contributed by atoms with Crippen LogP contribution in [0.1, 0.15) is 33.5 Å². The maximum absolute atomic E-state index is 6.87. The molecule has 0 aliphatic heterocycles. The van der Waals surface area contributed by atoms with Gasteiger partial charge in [-0.2, -0.15) is 0 Å². The van der Waals surface area contributed by atoms with Crippen LogP contribution < -0.4 is 0 Å². The molecule has 21 heavy (non-hydrogen) atoms. The topological polar surface area (TPSA) is 0 Å². The summed E-state index contributed by atoms with van der Waals surface area (Å²) in [5, 5.41) is 2.65. The van der Waals surface area contributed by atoms with E-state index >= 15 is 0 Å². The second-order valence-corrected chi connectivity index (χ2v) is 6.40. The summed E-state index contributed by atoms with van der Waals surface area (Å²) in [5.41, 5.74) is 5.44. The minimum Gasteiger partial charge on any atom is -0.117 e. The second kappa shape index (κ2) is 4.89. The van der Waals surface area contributed by atoms with Crippen molar-refractivity contribution in [1.29, 1.82) is 0 Å². The number of halogens is 1. The lowest BCUT2D eigenvalue weighted by Gasteiger charge is -2.34. The molecule has 2 unspecified atom stereocenters. The number of fused-ring (bicyclic) bond motifs is 2. The molecular weight excluding hydrogens is 276 g/mol. The van der Waals surface area contributed by atoms with Crippen LogP contribution in [-0.2, 0) is 6.42 Å². The molecule has 0 aromatic heterocycles. The Morgan fingerprint density at radius 3 is 2.43 bits per heavy atom. The molecule has 0 N–H and O–H groups in total. The number of rotatable bonds is 2. The summed E-state index contributed by atoms with van der Waals surface area (Å²) in [7, 11) is 0. The van der Waals surface area contributed by atoms with Crippen LogP contribution in [0.5, 0.6) is 0 Å². The average Bonchev–Trinajstić information content (AvgIpc) is 2.49. The third-order valence-corrected chi connectivity index (χ3v) is 5.26. The molecule has 0 saturated carbocycles. The Labute approximate surface area is 130 Å². The second-order valence-electron chi connectivity index (χ2n) is 5.93. The first-order valence-electron chi connectivity index (χ1n) is 7.46. The Bertz CT molecular complexity index is 819. The molecule has 0 spiro atoms. The van der Waals surface area contributed by atoms with Crippen molar-refractivity contribution >= 4 is 22.4 Å². The van der Waals surface area contributed by atoms with Crippen molar-refractivity contribution in [2.45, 2.75) is 24.6 Å². The lowest BCUT2D eigenvalue weighted by molar-refractivity contribution is 0.589. The summed E-state index contributed by atoms with van der Waals surface area (Å²) >= 11 is 6.87. The normalized spacial score (nSPS) is 18.1. The average molecular weight is 293 g/mol. The maximum atomic E-state index is 6.87. The van der Waals surface area contributed by atoms with E-state index in [0.717, 1.165) is 6.42 Å².